The molecule has 0 N–H and O–H groups in total. The number of methoxy groups -OCH3 is 1. The van der Waals surface area contributed by atoms with Crippen molar-refractivity contribution in [1.29, 1.82) is 0 Å². The average Bonchev–Trinajstić information content (AvgIpc) is 2.05. The highest BCUT2D eigenvalue weighted by molar-refractivity contribution is 5.54. The summed E-state index contributed by atoms with van der Waals surface area (Å²) in [6.07, 6.45) is 5.75. The van der Waals surface area contributed by atoms with Gasteiger partial charge in [0.2, 0.25) is 0 Å². The molecule has 0 saturated heterocycles. The molecular weight excluding hydrogens is 128 g/mol. The van der Waals surface area contributed by atoms with Crippen LogP contribution in [-0.4, -0.2) is 13.4 Å². The molecule has 0 spiro atoms. The number of hydrogen-bond donors (Lipinski definition) is 0. The van der Waals surface area contributed by atoms with Crippen LogP contribution >= 0.6 is 0 Å². The summed E-state index contributed by atoms with van der Waals surface area (Å²) >= 11 is 0. The molecule has 2 heteroatoms. The second kappa shape index (κ2) is 3.40. The molecule has 1 atom stereocenters. The van der Waals surface area contributed by atoms with Crippen LogP contribution in [0, 0.1) is 5.92 Å². The Balaban J connectivity index is 2.43. The molecule has 2 nitrogen and oxygen atoms in total. The van der Waals surface area contributed by atoms with Gasteiger partial charge in [0.25, 0.3) is 0 Å². The van der Waals surface area contributed by atoms with Crippen LogP contribution in [-0.2, 0) is 9.53 Å². The summed E-state index contributed by atoms with van der Waals surface area (Å²) in [5.74, 6) is 1.26. The molecule has 1 aliphatic carbocycles. The molecule has 1 unspecified atom stereocenters. The van der Waals surface area contributed by atoms with Crippen molar-refractivity contribution in [1.82, 2.24) is 0 Å². The largest absolute Gasteiger partial charge is 0.501 e. The van der Waals surface area contributed by atoms with Gasteiger partial charge >= 0.3 is 0 Å². The van der Waals surface area contributed by atoms with Gasteiger partial charge in [0.05, 0.1) is 12.9 Å². The maximum Gasteiger partial charge on any atom is 0.123 e. The van der Waals surface area contributed by atoms with Crippen LogP contribution in [0.15, 0.2) is 11.8 Å². The molecule has 1 aliphatic rings. The Bertz CT molecular complexity index is 149. The molecule has 1 rings (SSSR count). The second-order valence-electron chi connectivity index (χ2n) is 2.55. The third-order valence-electron chi connectivity index (χ3n) is 1.86. The summed E-state index contributed by atoms with van der Waals surface area (Å²) in [5, 5.41) is 0. The van der Waals surface area contributed by atoms with Gasteiger partial charge in [0.1, 0.15) is 6.29 Å². The van der Waals surface area contributed by atoms with E-state index in [4.69, 9.17) is 4.74 Å². The molecule has 0 aromatic carbocycles. The molecular formula is C8H12O2. The van der Waals surface area contributed by atoms with Gasteiger partial charge in [0, 0.05) is 12.3 Å². The minimum atomic E-state index is 0.235. The van der Waals surface area contributed by atoms with Crippen molar-refractivity contribution in [2.75, 3.05) is 7.11 Å². The maximum atomic E-state index is 10.3. The van der Waals surface area contributed by atoms with Crippen LogP contribution in [0.3, 0.4) is 0 Å². The van der Waals surface area contributed by atoms with Crippen LogP contribution in [0.2, 0.25) is 0 Å². The van der Waals surface area contributed by atoms with Crippen molar-refractivity contribution >= 4 is 6.29 Å². The molecule has 0 amide bonds. The minimum Gasteiger partial charge on any atom is -0.501 e. The summed E-state index contributed by atoms with van der Waals surface area (Å²) in [7, 11) is 1.67. The summed E-state index contributed by atoms with van der Waals surface area (Å²) in [6, 6.07) is 0. The van der Waals surface area contributed by atoms with Crippen molar-refractivity contribution in [3.63, 3.8) is 0 Å². The zero-order valence-corrected chi connectivity index (χ0v) is 6.17. The van der Waals surface area contributed by atoms with Crippen LogP contribution in [0.5, 0.6) is 0 Å². The van der Waals surface area contributed by atoms with Crippen molar-refractivity contribution in [3.05, 3.63) is 11.8 Å². The number of carbonyl (C=O) groups is 1. The molecule has 0 aliphatic heterocycles. The summed E-state index contributed by atoms with van der Waals surface area (Å²) in [4.78, 5) is 10.3. The first-order valence-corrected chi connectivity index (χ1v) is 3.55. The van der Waals surface area contributed by atoms with E-state index in [1.54, 1.807) is 7.11 Å². The molecule has 0 aromatic rings. The molecule has 0 saturated carbocycles. The highest BCUT2D eigenvalue weighted by Crippen LogP contribution is 2.21. The van der Waals surface area contributed by atoms with Crippen molar-refractivity contribution in [3.8, 4) is 0 Å². The summed E-state index contributed by atoms with van der Waals surface area (Å²) < 4.78 is 5.03. The lowest BCUT2D eigenvalue weighted by atomic mass is 9.95. The Morgan fingerprint density at radius 2 is 2.60 bits per heavy atom. The minimum absolute atomic E-state index is 0.235. The molecule has 56 valence electrons. The SMILES string of the molecule is COC1=CCC(C=O)CC1. The molecule has 10 heavy (non-hydrogen) atoms. The van der Waals surface area contributed by atoms with Gasteiger partial charge in [-0.1, -0.05) is 0 Å². The van der Waals surface area contributed by atoms with E-state index in [2.05, 4.69) is 0 Å². The second-order valence-corrected chi connectivity index (χ2v) is 2.55. The smallest absolute Gasteiger partial charge is 0.123 e. The van der Waals surface area contributed by atoms with Gasteiger partial charge in [-0.25, -0.2) is 0 Å². The summed E-state index contributed by atoms with van der Waals surface area (Å²) in [6.45, 7) is 0. The summed E-state index contributed by atoms with van der Waals surface area (Å²) in [5.41, 5.74) is 0. The lowest BCUT2D eigenvalue weighted by Gasteiger charge is -2.15. The monoisotopic (exact) mass is 140 g/mol. The first-order valence-electron chi connectivity index (χ1n) is 3.55. The van der Waals surface area contributed by atoms with Gasteiger partial charge in [-0.15, -0.1) is 0 Å². The lowest BCUT2D eigenvalue weighted by Crippen LogP contribution is -2.07. The third-order valence-corrected chi connectivity index (χ3v) is 1.86. The quantitative estimate of drug-likeness (QED) is 0.543. The number of ether oxygens (including phenoxy) is 1. The molecule has 0 radical (unpaired) electrons. The van der Waals surface area contributed by atoms with Gasteiger partial charge in [0.15, 0.2) is 0 Å². The number of rotatable bonds is 2. The fourth-order valence-electron chi connectivity index (χ4n) is 1.14. The highest BCUT2D eigenvalue weighted by Gasteiger charge is 2.12. The van der Waals surface area contributed by atoms with Crippen LogP contribution in [0.1, 0.15) is 19.3 Å². The van der Waals surface area contributed by atoms with Gasteiger partial charge in [-0.3, -0.25) is 0 Å². The predicted molar refractivity (Wildman–Crippen MR) is 38.5 cm³/mol. The number of carbonyl (C=O) groups excluding carboxylic acids is 1. The molecule has 0 fully saturated rings. The first kappa shape index (κ1) is 7.32. The van der Waals surface area contributed by atoms with E-state index in [1.807, 2.05) is 6.08 Å². The zero-order valence-electron chi connectivity index (χ0n) is 6.17. The van der Waals surface area contributed by atoms with Crippen LogP contribution < -0.4 is 0 Å². The van der Waals surface area contributed by atoms with E-state index in [-0.39, 0.29) is 5.92 Å². The fraction of sp³-hybridized carbons (Fsp3) is 0.625. The number of aldehydes is 1. The lowest BCUT2D eigenvalue weighted by molar-refractivity contribution is -0.111. The average molecular weight is 140 g/mol. The topological polar surface area (TPSA) is 26.3 Å². The Morgan fingerprint density at radius 1 is 1.80 bits per heavy atom. The number of allylic oxidation sites excluding steroid dienone is 2. The van der Waals surface area contributed by atoms with Gasteiger partial charge in [-0.2, -0.15) is 0 Å². The van der Waals surface area contributed by atoms with E-state index in [9.17, 15) is 4.79 Å². The van der Waals surface area contributed by atoms with E-state index >= 15 is 0 Å². The van der Waals surface area contributed by atoms with E-state index < -0.39 is 0 Å². The van der Waals surface area contributed by atoms with Crippen LogP contribution in [0.25, 0.3) is 0 Å². The standard InChI is InChI=1S/C8H12O2/c1-10-8-4-2-7(6-9)3-5-8/h4,6-7H,2-3,5H2,1H3. The van der Waals surface area contributed by atoms with Gasteiger partial charge < -0.3 is 9.53 Å². The maximum absolute atomic E-state index is 10.3. The highest BCUT2D eigenvalue weighted by atomic mass is 16.5. The zero-order chi connectivity index (χ0) is 7.40. The van der Waals surface area contributed by atoms with E-state index in [0.29, 0.717) is 0 Å². The predicted octanol–water partition coefficient (Wildman–Crippen LogP) is 1.52. The molecule has 0 bridgehead atoms. The third kappa shape index (κ3) is 1.59. The Morgan fingerprint density at radius 3 is 3.00 bits per heavy atom. The van der Waals surface area contributed by atoms with E-state index in [0.717, 1.165) is 31.3 Å². The van der Waals surface area contributed by atoms with Crippen molar-refractivity contribution in [2.45, 2.75) is 19.3 Å². The Labute approximate surface area is 60.9 Å². The number of hydrogen-bond acceptors (Lipinski definition) is 2. The van der Waals surface area contributed by atoms with Crippen LogP contribution in [0.4, 0.5) is 0 Å². The van der Waals surface area contributed by atoms with Gasteiger partial charge in [-0.05, 0) is 18.9 Å². The molecule has 0 aromatic heterocycles. The van der Waals surface area contributed by atoms with E-state index in [1.165, 1.54) is 0 Å². The Hall–Kier alpha value is -0.790. The van der Waals surface area contributed by atoms with Crippen molar-refractivity contribution < 1.29 is 9.53 Å². The first-order chi connectivity index (χ1) is 4.86. The fourth-order valence-corrected chi connectivity index (χ4v) is 1.14. The normalized spacial score (nSPS) is 25.3. The Kier molecular flexibility index (Phi) is 2.49. The molecule has 0 heterocycles. The van der Waals surface area contributed by atoms with Crippen molar-refractivity contribution in [2.24, 2.45) is 5.92 Å².